The van der Waals surface area contributed by atoms with Crippen molar-refractivity contribution in [3.05, 3.63) is 90.1 Å². The second kappa shape index (κ2) is 10.6. The number of nitrogens with one attached hydrogen (secondary N) is 1. The van der Waals surface area contributed by atoms with E-state index in [1.165, 1.54) is 17.3 Å². The number of aryl methyl sites for hydroxylation is 3. The van der Waals surface area contributed by atoms with Crippen LogP contribution in [0.2, 0.25) is 0 Å². The Morgan fingerprint density at radius 3 is 2.55 bits per heavy atom. The molecular weight excluding hydrogens is 386 g/mol. The third-order valence-electron chi connectivity index (χ3n) is 5.53. The van der Waals surface area contributed by atoms with E-state index in [-0.39, 0.29) is 5.91 Å². The maximum Gasteiger partial charge on any atom is 0.286 e. The number of furan rings is 1. The smallest absolute Gasteiger partial charge is 0.286 e. The highest BCUT2D eigenvalue weighted by atomic mass is 16.3. The molecule has 0 aliphatic rings. The molecule has 0 unspecified atom stereocenters. The molecule has 0 saturated heterocycles. The first-order valence-corrected chi connectivity index (χ1v) is 11.1. The Morgan fingerprint density at radius 1 is 0.871 bits per heavy atom. The quantitative estimate of drug-likeness (QED) is 0.333. The van der Waals surface area contributed by atoms with Crippen molar-refractivity contribution in [3.8, 4) is 0 Å². The van der Waals surface area contributed by atoms with E-state index in [1.54, 1.807) is 12.1 Å². The first-order chi connectivity index (χ1) is 15.3. The third-order valence-corrected chi connectivity index (χ3v) is 5.53. The predicted molar refractivity (Wildman–Crippen MR) is 123 cm³/mol. The monoisotopic (exact) mass is 415 g/mol. The average Bonchev–Trinajstić information content (AvgIpc) is 3.45. The topological polar surface area (TPSA) is 60.1 Å². The van der Waals surface area contributed by atoms with E-state index in [2.05, 4.69) is 64.5 Å². The minimum absolute atomic E-state index is 0.148. The third kappa shape index (κ3) is 5.63. The Labute approximate surface area is 183 Å². The van der Waals surface area contributed by atoms with Crippen LogP contribution < -0.4 is 5.32 Å². The molecule has 0 aliphatic heterocycles. The number of carbonyl (C=O) groups is 1. The van der Waals surface area contributed by atoms with Gasteiger partial charge in [0.1, 0.15) is 5.82 Å². The van der Waals surface area contributed by atoms with Crippen LogP contribution in [0.4, 0.5) is 0 Å². The summed E-state index contributed by atoms with van der Waals surface area (Å²) in [6.07, 6.45) is 7.68. The van der Waals surface area contributed by atoms with Gasteiger partial charge in [-0.25, -0.2) is 4.98 Å². The molecule has 0 radical (unpaired) electrons. The number of hydrogen-bond acceptors (Lipinski definition) is 3. The lowest BCUT2D eigenvalue weighted by Gasteiger charge is -2.10. The molecule has 1 amide bonds. The van der Waals surface area contributed by atoms with Gasteiger partial charge in [0.15, 0.2) is 5.76 Å². The number of nitrogens with zero attached hydrogens (tertiary/aromatic N) is 2. The zero-order valence-corrected chi connectivity index (χ0v) is 17.8. The van der Waals surface area contributed by atoms with E-state index in [0.29, 0.717) is 12.3 Å². The number of unbranched alkanes of at least 4 members (excludes halogenated alkanes) is 2. The number of aromatic nitrogens is 2. The molecule has 0 spiro atoms. The summed E-state index contributed by atoms with van der Waals surface area (Å²) in [5.74, 6) is 1.38. The van der Waals surface area contributed by atoms with Gasteiger partial charge in [0.25, 0.3) is 5.91 Å². The minimum Gasteiger partial charge on any atom is -0.459 e. The minimum atomic E-state index is -0.148. The Bertz CT molecular complexity index is 1080. The van der Waals surface area contributed by atoms with Gasteiger partial charge in [0, 0.05) is 19.5 Å². The van der Waals surface area contributed by atoms with E-state index in [9.17, 15) is 4.79 Å². The van der Waals surface area contributed by atoms with Crippen LogP contribution in [0.25, 0.3) is 11.0 Å². The zero-order chi connectivity index (χ0) is 21.3. The molecule has 31 heavy (non-hydrogen) atoms. The van der Waals surface area contributed by atoms with Crippen molar-refractivity contribution in [3.63, 3.8) is 0 Å². The molecule has 0 bridgehead atoms. The molecular formula is C26H29N3O2. The maximum absolute atomic E-state index is 11.9. The second-order valence-electron chi connectivity index (χ2n) is 7.80. The highest BCUT2D eigenvalue weighted by molar-refractivity contribution is 5.91. The van der Waals surface area contributed by atoms with Crippen LogP contribution in [0.1, 0.15) is 47.6 Å². The van der Waals surface area contributed by atoms with Gasteiger partial charge in [-0.1, -0.05) is 48.9 Å². The summed E-state index contributed by atoms with van der Waals surface area (Å²) in [6, 6.07) is 22.4. The Kier molecular flexibility index (Phi) is 7.16. The van der Waals surface area contributed by atoms with E-state index in [1.807, 2.05) is 0 Å². The number of rotatable bonds is 11. The SMILES string of the molecule is O=C(NCCCCCc1nc2ccccc2n1CCCc1ccccc1)c1ccco1. The Hall–Kier alpha value is -3.34. The lowest BCUT2D eigenvalue weighted by Crippen LogP contribution is -2.23. The van der Waals surface area contributed by atoms with Gasteiger partial charge in [-0.3, -0.25) is 4.79 Å². The number of carbonyl (C=O) groups excluding carboxylic acids is 1. The van der Waals surface area contributed by atoms with Crippen LogP contribution in [0.3, 0.4) is 0 Å². The van der Waals surface area contributed by atoms with Crippen LogP contribution in [-0.2, 0) is 19.4 Å². The molecule has 4 rings (SSSR count). The van der Waals surface area contributed by atoms with Gasteiger partial charge in [0.05, 0.1) is 17.3 Å². The van der Waals surface area contributed by atoms with Gasteiger partial charge in [-0.2, -0.15) is 0 Å². The fraction of sp³-hybridized carbons (Fsp3) is 0.308. The van der Waals surface area contributed by atoms with E-state index >= 15 is 0 Å². The standard InChI is InChI=1S/C26H29N3O2/c30-26(24-16-10-20-31-24)27-18-8-2-5-17-25-28-22-14-6-7-15-23(22)29(25)19-9-13-21-11-3-1-4-12-21/h1,3-4,6-7,10-12,14-16,20H,2,5,8-9,13,17-19H2,(H,27,30). The lowest BCUT2D eigenvalue weighted by atomic mass is 10.1. The highest BCUT2D eigenvalue weighted by Gasteiger charge is 2.10. The number of amides is 1. The molecule has 0 aliphatic carbocycles. The number of fused-ring (bicyclic) bond motifs is 1. The number of para-hydroxylation sites is 2. The first-order valence-electron chi connectivity index (χ1n) is 11.1. The molecule has 4 aromatic rings. The number of hydrogen-bond donors (Lipinski definition) is 1. The molecule has 1 N–H and O–H groups in total. The molecule has 5 nitrogen and oxygen atoms in total. The van der Waals surface area contributed by atoms with Crippen molar-refractivity contribution in [1.82, 2.24) is 14.9 Å². The van der Waals surface area contributed by atoms with Crippen molar-refractivity contribution in [2.24, 2.45) is 0 Å². The second-order valence-corrected chi connectivity index (χ2v) is 7.80. The van der Waals surface area contributed by atoms with Crippen molar-refractivity contribution in [1.29, 1.82) is 0 Å². The van der Waals surface area contributed by atoms with Crippen LogP contribution in [-0.4, -0.2) is 22.0 Å². The van der Waals surface area contributed by atoms with E-state index < -0.39 is 0 Å². The summed E-state index contributed by atoms with van der Waals surface area (Å²) < 4.78 is 7.50. The maximum atomic E-state index is 11.9. The van der Waals surface area contributed by atoms with Crippen LogP contribution in [0.5, 0.6) is 0 Å². The molecule has 5 heteroatoms. The van der Waals surface area contributed by atoms with Gasteiger partial charge < -0.3 is 14.3 Å². The van der Waals surface area contributed by atoms with Crippen molar-refractivity contribution in [2.75, 3.05) is 6.54 Å². The Morgan fingerprint density at radius 2 is 1.71 bits per heavy atom. The zero-order valence-electron chi connectivity index (χ0n) is 17.8. The molecule has 2 heterocycles. The summed E-state index contributed by atoms with van der Waals surface area (Å²) in [5, 5.41) is 2.91. The van der Waals surface area contributed by atoms with Crippen LogP contribution in [0, 0.1) is 0 Å². The Balaban J connectivity index is 1.27. The van der Waals surface area contributed by atoms with Crippen molar-refractivity contribution in [2.45, 2.75) is 45.1 Å². The molecule has 0 saturated carbocycles. The highest BCUT2D eigenvalue weighted by Crippen LogP contribution is 2.19. The predicted octanol–water partition coefficient (Wildman–Crippen LogP) is 5.40. The van der Waals surface area contributed by atoms with Crippen LogP contribution >= 0.6 is 0 Å². The first kappa shape index (κ1) is 20.9. The summed E-state index contributed by atoms with van der Waals surface area (Å²) in [6.45, 7) is 1.64. The van der Waals surface area contributed by atoms with E-state index in [0.717, 1.165) is 56.4 Å². The van der Waals surface area contributed by atoms with Gasteiger partial charge in [-0.05, 0) is 55.5 Å². The molecule has 160 valence electrons. The number of benzene rings is 2. The van der Waals surface area contributed by atoms with E-state index in [4.69, 9.17) is 9.40 Å². The summed E-state index contributed by atoms with van der Waals surface area (Å²) in [7, 11) is 0. The molecule has 0 fully saturated rings. The molecule has 2 aromatic heterocycles. The summed E-state index contributed by atoms with van der Waals surface area (Å²) in [4.78, 5) is 16.8. The van der Waals surface area contributed by atoms with Crippen LogP contribution in [0.15, 0.2) is 77.4 Å². The van der Waals surface area contributed by atoms with Gasteiger partial charge in [-0.15, -0.1) is 0 Å². The fourth-order valence-electron chi connectivity index (χ4n) is 3.93. The normalized spacial score (nSPS) is 11.1. The van der Waals surface area contributed by atoms with Crippen molar-refractivity contribution >= 4 is 16.9 Å². The molecule has 2 aromatic carbocycles. The summed E-state index contributed by atoms with van der Waals surface area (Å²) in [5.41, 5.74) is 3.67. The molecule has 0 atom stereocenters. The van der Waals surface area contributed by atoms with Crippen molar-refractivity contribution < 1.29 is 9.21 Å². The summed E-state index contributed by atoms with van der Waals surface area (Å²) >= 11 is 0. The van der Waals surface area contributed by atoms with Gasteiger partial charge in [0.2, 0.25) is 0 Å². The fourth-order valence-corrected chi connectivity index (χ4v) is 3.93. The number of imidazole rings is 1. The average molecular weight is 416 g/mol. The van der Waals surface area contributed by atoms with Gasteiger partial charge >= 0.3 is 0 Å². The lowest BCUT2D eigenvalue weighted by molar-refractivity contribution is 0.0925. The largest absolute Gasteiger partial charge is 0.459 e.